The zero-order chi connectivity index (χ0) is 30.7. The Labute approximate surface area is 305 Å². The molecule has 0 N–H and O–H groups in total. The summed E-state index contributed by atoms with van der Waals surface area (Å²) in [5.74, 6) is 6.00. The second kappa shape index (κ2) is 16.4. The minimum Gasteiger partial charge on any atom is -0.214 e. The number of rotatable bonds is 2. The molecule has 0 spiro atoms. The molecule has 8 rings (SSSR count). The molecular formula is C43H48Cl2Hf-2. The van der Waals surface area contributed by atoms with Crippen LogP contribution in [0.2, 0.25) is 0 Å². The summed E-state index contributed by atoms with van der Waals surface area (Å²) in [6.07, 6.45) is 8.52. The second-order valence-electron chi connectivity index (χ2n) is 14.1. The maximum Gasteiger partial charge on any atom is -0.172 e. The Morgan fingerprint density at radius 1 is 0.761 bits per heavy atom. The van der Waals surface area contributed by atoms with Gasteiger partial charge in [-0.15, -0.1) is 6.92 Å². The Hall–Kier alpha value is -2.06. The van der Waals surface area contributed by atoms with Gasteiger partial charge in [0.1, 0.15) is 0 Å². The van der Waals surface area contributed by atoms with Crippen molar-refractivity contribution in [3.05, 3.63) is 155 Å². The quantitative estimate of drug-likeness (QED) is 0.199. The van der Waals surface area contributed by atoms with Crippen molar-refractivity contribution >= 4 is 3.26 Å². The van der Waals surface area contributed by atoms with Crippen molar-refractivity contribution in [3.63, 3.8) is 0 Å². The molecule has 0 aromatic heterocycles. The molecule has 2 fully saturated rings. The molecule has 4 aliphatic rings. The molecule has 0 saturated heterocycles. The van der Waals surface area contributed by atoms with Gasteiger partial charge in [0.15, 0.2) is 0 Å². The Balaban J connectivity index is 0.000000193. The van der Waals surface area contributed by atoms with E-state index < -0.39 is 0 Å². The molecule has 240 valence electrons. The molecule has 0 nitrogen and oxygen atoms in total. The molecule has 4 aromatic carbocycles. The van der Waals surface area contributed by atoms with Crippen LogP contribution < -0.4 is 24.8 Å². The molecule has 4 aromatic rings. The van der Waals surface area contributed by atoms with E-state index in [9.17, 15) is 0 Å². The van der Waals surface area contributed by atoms with Gasteiger partial charge in [0.25, 0.3) is 0 Å². The fourth-order valence-electron chi connectivity index (χ4n) is 8.71. The molecule has 5 unspecified atom stereocenters. The first-order chi connectivity index (χ1) is 21.4. The van der Waals surface area contributed by atoms with Crippen LogP contribution in [0.4, 0.5) is 0 Å². The van der Waals surface area contributed by atoms with Crippen molar-refractivity contribution in [1.82, 2.24) is 0 Å². The molecule has 0 aliphatic heterocycles. The number of hydrogen-bond acceptors (Lipinski definition) is 0. The topological polar surface area (TPSA) is 0 Å². The van der Waals surface area contributed by atoms with E-state index in [1.54, 1.807) is 17.0 Å². The standard InChI is InChI=1S/C25H33.C13H10.C5H5.2ClH.Hf/c1-15-13-21-19-11-7-8-12-20(19)24-18-10-6-5-9-17(18)14-22(24)23(21)16(2)25(15,3)4;1-3-7-12(8-4-1)11-13-9-5-2-6-10-13;1-2-4-5-3-1;;;/h5-6,9-10,15,19-21,24H,7-8,11-14H2,1-4H3;1-10H;1-5H;2*1H;/q-1;;-1;;;+2/p-2. The zero-order valence-corrected chi connectivity index (χ0v) is 33.0. The van der Waals surface area contributed by atoms with E-state index in [4.69, 9.17) is 0 Å². The smallest absolute Gasteiger partial charge is 0.172 e. The largest absolute Gasteiger partial charge is 0.214 e. The van der Waals surface area contributed by atoms with Gasteiger partial charge in [-0.25, -0.2) is 29.2 Å². The van der Waals surface area contributed by atoms with E-state index in [2.05, 4.69) is 113 Å². The summed E-state index contributed by atoms with van der Waals surface area (Å²) in [4.78, 5) is 0. The maximum absolute atomic E-state index is 2.51. The van der Waals surface area contributed by atoms with E-state index in [0.29, 0.717) is 5.41 Å². The van der Waals surface area contributed by atoms with Crippen molar-refractivity contribution in [2.75, 3.05) is 0 Å². The molecule has 0 heterocycles. The van der Waals surface area contributed by atoms with Crippen molar-refractivity contribution < 1.29 is 48.7 Å². The molecule has 5 atom stereocenters. The summed E-state index contributed by atoms with van der Waals surface area (Å²) in [5, 5.41) is 0. The van der Waals surface area contributed by atoms with Crippen molar-refractivity contribution in [2.24, 2.45) is 29.1 Å². The van der Waals surface area contributed by atoms with Crippen LogP contribution in [-0.4, -0.2) is 3.26 Å². The first-order valence-electron chi connectivity index (χ1n) is 16.9. The van der Waals surface area contributed by atoms with Gasteiger partial charge in [-0.3, -0.25) is 0 Å². The first-order valence-corrected chi connectivity index (χ1v) is 18.7. The van der Waals surface area contributed by atoms with Crippen molar-refractivity contribution in [3.8, 4) is 0 Å². The van der Waals surface area contributed by atoms with Gasteiger partial charge in [-0.05, 0) is 30.6 Å². The number of fused-ring (bicyclic) bond motifs is 7. The van der Waals surface area contributed by atoms with Crippen LogP contribution in [0.25, 0.3) is 0 Å². The minimum absolute atomic E-state index is 0. The van der Waals surface area contributed by atoms with Crippen LogP contribution in [0.5, 0.6) is 0 Å². The minimum atomic E-state index is 0. The van der Waals surface area contributed by atoms with Gasteiger partial charge >= 0.3 is 98.9 Å². The van der Waals surface area contributed by atoms with Crippen LogP contribution >= 0.6 is 0 Å². The molecule has 0 amide bonds. The van der Waals surface area contributed by atoms with Gasteiger partial charge in [-0.2, -0.15) is 18.2 Å². The summed E-state index contributed by atoms with van der Waals surface area (Å²) in [7, 11) is 0. The summed E-state index contributed by atoms with van der Waals surface area (Å²) in [6, 6.07) is 40.6. The Morgan fingerprint density at radius 3 is 1.87 bits per heavy atom. The zero-order valence-electron chi connectivity index (χ0n) is 27.9. The normalized spacial score (nSPS) is 24.9. The van der Waals surface area contributed by atoms with Crippen LogP contribution in [0.3, 0.4) is 0 Å². The fraction of sp³-hybridized carbons (Fsp3) is 0.372. The van der Waals surface area contributed by atoms with Gasteiger partial charge in [0.05, 0.1) is 0 Å². The Bertz CT molecular complexity index is 1490. The van der Waals surface area contributed by atoms with E-state index in [1.807, 2.05) is 41.5 Å². The second-order valence-corrected chi connectivity index (χ2v) is 15.9. The summed E-state index contributed by atoms with van der Waals surface area (Å²) >= 11 is 1.08. The van der Waals surface area contributed by atoms with Gasteiger partial charge in [0.2, 0.25) is 0 Å². The van der Waals surface area contributed by atoms with E-state index >= 15 is 0 Å². The van der Waals surface area contributed by atoms with Gasteiger partial charge in [0, 0.05) is 0 Å². The summed E-state index contributed by atoms with van der Waals surface area (Å²) < 4.78 is 1.46. The maximum atomic E-state index is 2.51. The fourth-order valence-corrected chi connectivity index (χ4v) is 9.91. The van der Waals surface area contributed by atoms with Gasteiger partial charge < -0.3 is 24.8 Å². The van der Waals surface area contributed by atoms with Crippen LogP contribution in [0.15, 0.2) is 126 Å². The molecule has 3 heteroatoms. The predicted octanol–water partition coefficient (Wildman–Crippen LogP) is 4.94. The third-order valence-corrected chi connectivity index (χ3v) is 13.6. The number of halogens is 2. The molecule has 0 radical (unpaired) electrons. The first kappa shape index (κ1) is 36.8. The average molecular weight is 814 g/mol. The van der Waals surface area contributed by atoms with Crippen molar-refractivity contribution in [2.45, 2.75) is 72.1 Å². The van der Waals surface area contributed by atoms with Crippen LogP contribution in [0.1, 0.15) is 88.0 Å². The summed E-state index contributed by atoms with van der Waals surface area (Å²) in [6.45, 7) is 9.99. The molecule has 2 saturated carbocycles. The monoisotopic (exact) mass is 814 g/mol. The van der Waals surface area contributed by atoms with Gasteiger partial charge in [-0.1, -0.05) is 99.1 Å². The molecule has 0 bridgehead atoms. The third-order valence-electron chi connectivity index (χ3n) is 11.6. The summed E-state index contributed by atoms with van der Waals surface area (Å²) in [5.41, 5.74) is 10.1. The predicted molar refractivity (Wildman–Crippen MR) is 183 cm³/mol. The third kappa shape index (κ3) is 7.48. The van der Waals surface area contributed by atoms with E-state index in [-0.39, 0.29) is 24.8 Å². The molecule has 46 heavy (non-hydrogen) atoms. The van der Waals surface area contributed by atoms with Crippen LogP contribution in [-0.2, 0) is 30.3 Å². The molecular weight excluding hydrogens is 766 g/mol. The SMILES string of the molecule is C[C-]1C2=C3Cc4ccccc4C3C3CCCCC3C2CC(C)C1(C)C.[Cl-].[Cl-].[Hf+2]=[C](c1ccccc1)c1ccccc1.c1cc[cH-]c1. The Morgan fingerprint density at radius 2 is 1.30 bits per heavy atom. The average Bonchev–Trinajstić information content (AvgIpc) is 3.77. The van der Waals surface area contributed by atoms with E-state index in [1.165, 1.54) is 52.9 Å². The molecule has 4 aliphatic carbocycles. The number of hydrogen-bond donors (Lipinski definition) is 0. The van der Waals surface area contributed by atoms with Crippen molar-refractivity contribution in [1.29, 1.82) is 0 Å². The van der Waals surface area contributed by atoms with Crippen LogP contribution in [0, 0.1) is 35.0 Å². The number of benzene rings is 3. The Kier molecular flexibility index (Phi) is 13.1. The number of allylic oxidation sites excluding steroid dienone is 2. The van der Waals surface area contributed by atoms with E-state index in [0.717, 1.165) is 53.5 Å².